The van der Waals surface area contributed by atoms with Crippen LogP contribution in [-0.2, 0) is 16.2 Å². The first-order chi connectivity index (χ1) is 34.2. The number of anilines is 3. The van der Waals surface area contributed by atoms with E-state index < -0.39 is 0 Å². The molecule has 1 heterocycles. The maximum Gasteiger partial charge on any atom is 0.135 e. The Hall–Kier alpha value is -7.94. The van der Waals surface area contributed by atoms with Crippen LogP contribution in [0.15, 0.2) is 217 Å². The number of benzene rings is 10. The molecular weight excluding hydrogens is 859 g/mol. The molecule has 0 saturated heterocycles. The van der Waals surface area contributed by atoms with Gasteiger partial charge in [0.2, 0.25) is 0 Å². The van der Waals surface area contributed by atoms with Crippen molar-refractivity contribution < 1.29 is 4.42 Å². The van der Waals surface area contributed by atoms with Gasteiger partial charge in [-0.3, -0.25) is 0 Å². The molecule has 1 aromatic heterocycles. The second-order valence-corrected chi connectivity index (χ2v) is 22.1. The van der Waals surface area contributed by atoms with Crippen LogP contribution in [0.5, 0.6) is 0 Å². The summed E-state index contributed by atoms with van der Waals surface area (Å²) in [7, 11) is 0. The predicted octanol–water partition coefficient (Wildman–Crippen LogP) is 19.8. The number of rotatable bonds is 7. The number of nitrogens with zero attached hydrogens (tertiary/aromatic N) is 1. The first kappa shape index (κ1) is 44.3. The van der Waals surface area contributed by atoms with Gasteiger partial charge in [0.15, 0.2) is 0 Å². The van der Waals surface area contributed by atoms with Crippen LogP contribution in [-0.4, -0.2) is 0 Å². The summed E-state index contributed by atoms with van der Waals surface area (Å²) in [5, 5.41) is 4.68. The van der Waals surface area contributed by atoms with Crippen LogP contribution in [0.2, 0.25) is 0 Å². The molecule has 0 saturated carbocycles. The fraction of sp³-hybridized carbons (Fsp3) is 0.159. The van der Waals surface area contributed by atoms with Crippen LogP contribution >= 0.6 is 0 Å². The average Bonchev–Trinajstić information content (AvgIpc) is 3.86. The zero-order valence-corrected chi connectivity index (χ0v) is 42.1. The molecular formula is C69H59NO. The lowest BCUT2D eigenvalue weighted by molar-refractivity contribution is 0.569. The highest BCUT2D eigenvalue weighted by molar-refractivity contribution is 6.11. The number of fused-ring (bicyclic) bond motifs is 7. The van der Waals surface area contributed by atoms with Crippen molar-refractivity contribution in [1.82, 2.24) is 0 Å². The molecule has 12 rings (SSSR count). The molecule has 0 fully saturated rings. The van der Waals surface area contributed by atoms with E-state index in [1.54, 1.807) is 0 Å². The van der Waals surface area contributed by atoms with Crippen LogP contribution in [0, 0.1) is 0 Å². The molecule has 2 heteroatoms. The summed E-state index contributed by atoms with van der Waals surface area (Å²) in [6, 6.07) is 79.0. The van der Waals surface area contributed by atoms with Crippen LogP contribution in [0.4, 0.5) is 17.1 Å². The van der Waals surface area contributed by atoms with Gasteiger partial charge in [-0.05, 0) is 125 Å². The molecule has 0 radical (unpaired) electrons. The van der Waals surface area contributed by atoms with Gasteiger partial charge in [-0.2, -0.15) is 0 Å². The van der Waals surface area contributed by atoms with Gasteiger partial charge in [0.05, 0.1) is 17.1 Å². The van der Waals surface area contributed by atoms with Crippen molar-refractivity contribution in [3.8, 4) is 55.6 Å². The van der Waals surface area contributed by atoms with Gasteiger partial charge < -0.3 is 9.32 Å². The molecule has 1 aliphatic rings. The van der Waals surface area contributed by atoms with Gasteiger partial charge in [-0.25, -0.2) is 0 Å². The Bertz CT molecular complexity index is 3850. The van der Waals surface area contributed by atoms with E-state index >= 15 is 0 Å². The number of furan rings is 1. The van der Waals surface area contributed by atoms with E-state index in [1.165, 1.54) is 66.4 Å². The van der Waals surface area contributed by atoms with Gasteiger partial charge in [-0.15, -0.1) is 0 Å². The minimum Gasteiger partial charge on any atom is -0.456 e. The van der Waals surface area contributed by atoms with Gasteiger partial charge in [0.1, 0.15) is 11.2 Å². The van der Waals surface area contributed by atoms with Gasteiger partial charge in [0, 0.05) is 32.9 Å². The largest absolute Gasteiger partial charge is 0.456 e. The van der Waals surface area contributed by atoms with E-state index in [1.807, 2.05) is 6.07 Å². The Morgan fingerprint density at radius 3 is 1.51 bits per heavy atom. The second-order valence-electron chi connectivity index (χ2n) is 22.1. The van der Waals surface area contributed by atoms with Gasteiger partial charge in [-0.1, -0.05) is 225 Å². The third kappa shape index (κ3) is 7.47. The summed E-state index contributed by atoms with van der Waals surface area (Å²) in [6.07, 6.45) is 0. The number of para-hydroxylation sites is 4. The Kier molecular flexibility index (Phi) is 10.4. The third-order valence-electron chi connectivity index (χ3n) is 15.2. The Labute approximate surface area is 418 Å². The van der Waals surface area contributed by atoms with E-state index in [0.29, 0.717) is 0 Å². The van der Waals surface area contributed by atoms with Crippen molar-refractivity contribution in [1.29, 1.82) is 0 Å². The number of hydrogen-bond acceptors (Lipinski definition) is 2. The highest BCUT2D eigenvalue weighted by Gasteiger charge is 2.36. The van der Waals surface area contributed by atoms with Gasteiger partial charge in [0.25, 0.3) is 0 Å². The molecule has 71 heavy (non-hydrogen) atoms. The standard InChI is InChI=1S/C69H59NO/c1-67(2,3)48-39-47(40-49(43-48)68(4,5)6)52-28-19-21-44-22-20-29-57(66(44)52)55-26-12-17-33-63(55)70(61-31-15-10-23-50(61)45-36-38-65-58(41-45)56-27-13-18-34-64(56)71-65)62-32-16-11-24-51(62)46-35-37-54-53-25-9-14-30-59(53)69(7,8)60(54)42-46/h9-43H,1-8H3. The number of hydrogen-bond donors (Lipinski definition) is 0. The van der Waals surface area contributed by atoms with E-state index in [4.69, 9.17) is 4.42 Å². The Balaban J connectivity index is 1.12. The van der Waals surface area contributed by atoms with Crippen molar-refractivity contribution >= 4 is 49.8 Å². The molecule has 10 aromatic carbocycles. The highest BCUT2D eigenvalue weighted by Crippen LogP contribution is 2.53. The van der Waals surface area contributed by atoms with Crippen LogP contribution in [0.25, 0.3) is 88.3 Å². The monoisotopic (exact) mass is 917 g/mol. The summed E-state index contributed by atoms with van der Waals surface area (Å²) in [4.78, 5) is 2.53. The van der Waals surface area contributed by atoms with Crippen molar-refractivity contribution in [3.63, 3.8) is 0 Å². The quantitative estimate of drug-likeness (QED) is 0.158. The fourth-order valence-electron chi connectivity index (χ4n) is 11.3. The van der Waals surface area contributed by atoms with Crippen LogP contribution in [0.3, 0.4) is 0 Å². The molecule has 1 aliphatic carbocycles. The normalized spacial score (nSPS) is 13.2. The predicted molar refractivity (Wildman–Crippen MR) is 303 cm³/mol. The summed E-state index contributed by atoms with van der Waals surface area (Å²) < 4.78 is 6.37. The van der Waals surface area contributed by atoms with Crippen molar-refractivity contribution in [2.45, 2.75) is 71.6 Å². The lowest BCUT2D eigenvalue weighted by Gasteiger charge is -2.32. The molecule has 0 bridgehead atoms. The summed E-state index contributed by atoms with van der Waals surface area (Å²) in [6.45, 7) is 18.7. The first-order valence-corrected chi connectivity index (χ1v) is 25.2. The third-order valence-corrected chi connectivity index (χ3v) is 15.2. The van der Waals surface area contributed by atoms with E-state index in [-0.39, 0.29) is 16.2 Å². The van der Waals surface area contributed by atoms with Crippen molar-refractivity contribution in [3.05, 3.63) is 235 Å². The van der Waals surface area contributed by atoms with E-state index in [9.17, 15) is 0 Å². The first-order valence-electron chi connectivity index (χ1n) is 25.2. The van der Waals surface area contributed by atoms with Gasteiger partial charge >= 0.3 is 0 Å². The molecule has 0 amide bonds. The molecule has 0 atom stereocenters. The molecule has 346 valence electrons. The topological polar surface area (TPSA) is 16.4 Å². The Morgan fingerprint density at radius 2 is 0.845 bits per heavy atom. The molecule has 2 nitrogen and oxygen atoms in total. The van der Waals surface area contributed by atoms with Crippen molar-refractivity contribution in [2.75, 3.05) is 4.90 Å². The molecule has 0 aliphatic heterocycles. The zero-order valence-electron chi connectivity index (χ0n) is 42.1. The lowest BCUT2D eigenvalue weighted by atomic mass is 9.78. The maximum atomic E-state index is 6.37. The minimum absolute atomic E-state index is 0.0227. The highest BCUT2D eigenvalue weighted by atomic mass is 16.3. The fourth-order valence-corrected chi connectivity index (χ4v) is 11.3. The Morgan fingerprint density at radius 1 is 0.352 bits per heavy atom. The molecule has 0 N–H and O–H groups in total. The van der Waals surface area contributed by atoms with Crippen LogP contribution < -0.4 is 4.90 Å². The van der Waals surface area contributed by atoms with E-state index in [0.717, 1.165) is 61.3 Å². The van der Waals surface area contributed by atoms with Crippen molar-refractivity contribution in [2.24, 2.45) is 0 Å². The summed E-state index contributed by atoms with van der Waals surface area (Å²) >= 11 is 0. The zero-order chi connectivity index (χ0) is 48.8. The molecule has 11 aromatic rings. The van der Waals surface area contributed by atoms with E-state index in [2.05, 4.69) is 267 Å². The average molecular weight is 918 g/mol. The minimum atomic E-state index is -0.141. The second kappa shape index (κ2) is 16.6. The maximum absolute atomic E-state index is 6.37. The van der Waals surface area contributed by atoms with Crippen LogP contribution in [0.1, 0.15) is 77.6 Å². The molecule has 0 spiro atoms. The summed E-state index contributed by atoms with van der Waals surface area (Å²) in [5.74, 6) is 0. The smallest absolute Gasteiger partial charge is 0.135 e. The SMILES string of the molecule is CC(C)(C)c1cc(-c2cccc3cccc(-c4ccccc4N(c4ccccc4-c4ccc5c(c4)C(C)(C)c4ccccc4-5)c4ccccc4-c4ccc5oc6ccccc6c5c4)c23)cc(C(C)(C)C)c1. The summed E-state index contributed by atoms with van der Waals surface area (Å²) in [5.41, 5.74) is 22.4. The lowest BCUT2D eigenvalue weighted by Crippen LogP contribution is -2.16. The molecule has 0 unspecified atom stereocenters.